The minimum absolute atomic E-state index is 0.696. The number of rotatable bonds is 5. The van der Waals surface area contributed by atoms with Crippen LogP contribution in [0.15, 0.2) is 182 Å². The zero-order chi connectivity index (χ0) is 34.9. The number of benzene rings is 7. The van der Waals surface area contributed by atoms with Gasteiger partial charge < -0.3 is 9.13 Å². The molecular formula is C48H30N4S. The highest BCUT2D eigenvalue weighted by Gasteiger charge is 2.20. The molecule has 4 heterocycles. The number of para-hydroxylation sites is 1. The van der Waals surface area contributed by atoms with Crippen LogP contribution in [0.2, 0.25) is 0 Å². The van der Waals surface area contributed by atoms with Gasteiger partial charge in [-0.25, -0.2) is 9.97 Å². The van der Waals surface area contributed by atoms with E-state index in [4.69, 9.17) is 9.97 Å². The van der Waals surface area contributed by atoms with Gasteiger partial charge in [-0.3, -0.25) is 0 Å². The zero-order valence-electron chi connectivity index (χ0n) is 28.5. The van der Waals surface area contributed by atoms with Gasteiger partial charge in [0.25, 0.3) is 0 Å². The average Bonchev–Trinajstić information content (AvgIpc) is 3.92. The van der Waals surface area contributed by atoms with Crippen molar-refractivity contribution in [3.63, 3.8) is 0 Å². The third kappa shape index (κ3) is 4.82. The lowest BCUT2D eigenvalue weighted by Crippen LogP contribution is -1.98. The molecule has 11 rings (SSSR count). The van der Waals surface area contributed by atoms with E-state index in [2.05, 4.69) is 179 Å². The minimum atomic E-state index is 0.696. The smallest absolute Gasteiger partial charge is 0.160 e. The maximum Gasteiger partial charge on any atom is 0.160 e. The van der Waals surface area contributed by atoms with Crippen LogP contribution in [0.1, 0.15) is 0 Å². The van der Waals surface area contributed by atoms with Crippen molar-refractivity contribution < 1.29 is 0 Å². The minimum Gasteiger partial charge on any atom is -0.317 e. The van der Waals surface area contributed by atoms with Crippen molar-refractivity contribution in [3.8, 4) is 45.3 Å². The van der Waals surface area contributed by atoms with E-state index in [0.717, 1.165) is 39.5 Å². The van der Waals surface area contributed by atoms with E-state index in [1.165, 1.54) is 52.9 Å². The SMILES string of the molecule is c1ccc(-c2cc(-c3ccccc3)nc(-c3cccc(-n4c5cc6ccn(-c7ccccc7)c6cc5c5ccc6sc7ccccc7c6c54)c3)n2)cc1. The predicted molar refractivity (Wildman–Crippen MR) is 222 cm³/mol. The van der Waals surface area contributed by atoms with E-state index in [1.807, 2.05) is 23.5 Å². The first kappa shape index (κ1) is 29.9. The summed E-state index contributed by atoms with van der Waals surface area (Å²) in [6, 6.07) is 62.5. The van der Waals surface area contributed by atoms with Crippen LogP contribution < -0.4 is 0 Å². The van der Waals surface area contributed by atoms with Gasteiger partial charge in [-0.15, -0.1) is 11.3 Å². The van der Waals surface area contributed by atoms with Crippen LogP contribution in [0.25, 0.3) is 98.2 Å². The third-order valence-electron chi connectivity index (χ3n) is 10.3. The highest BCUT2D eigenvalue weighted by atomic mass is 32.1. The van der Waals surface area contributed by atoms with E-state index in [-0.39, 0.29) is 0 Å². The van der Waals surface area contributed by atoms with E-state index < -0.39 is 0 Å². The molecule has 0 aliphatic carbocycles. The monoisotopic (exact) mass is 694 g/mol. The van der Waals surface area contributed by atoms with Crippen LogP contribution in [0, 0.1) is 0 Å². The standard InChI is InChI=1S/C48H30N4S/c1-4-13-31(14-5-1)40-30-41(32-15-6-2-7-16-32)50-48(49-40)34-17-12-20-36(27-34)52-43-28-33-25-26-51(35-18-8-3-9-19-35)42(33)29-39(43)37-23-24-45-46(47(37)52)38-21-10-11-22-44(38)53-45/h1-30H. The molecule has 0 aliphatic rings. The Hall–Kier alpha value is -6.82. The van der Waals surface area contributed by atoms with Crippen molar-refractivity contribution in [2.75, 3.05) is 0 Å². The van der Waals surface area contributed by atoms with Gasteiger partial charge in [0, 0.05) is 70.6 Å². The molecule has 0 unspecified atom stereocenters. The molecule has 0 saturated carbocycles. The summed E-state index contributed by atoms with van der Waals surface area (Å²) in [6.07, 6.45) is 2.18. The van der Waals surface area contributed by atoms with Gasteiger partial charge in [-0.05, 0) is 60.7 Å². The van der Waals surface area contributed by atoms with Gasteiger partial charge in [-0.2, -0.15) is 0 Å². The van der Waals surface area contributed by atoms with E-state index in [0.29, 0.717) is 5.82 Å². The van der Waals surface area contributed by atoms with Crippen LogP contribution >= 0.6 is 11.3 Å². The Balaban J connectivity index is 1.19. The maximum atomic E-state index is 5.18. The van der Waals surface area contributed by atoms with E-state index in [9.17, 15) is 0 Å². The van der Waals surface area contributed by atoms with Gasteiger partial charge in [0.1, 0.15) is 0 Å². The summed E-state index contributed by atoms with van der Waals surface area (Å²) in [6.45, 7) is 0. The summed E-state index contributed by atoms with van der Waals surface area (Å²) < 4.78 is 7.33. The zero-order valence-corrected chi connectivity index (χ0v) is 29.3. The molecule has 0 saturated heterocycles. The summed E-state index contributed by atoms with van der Waals surface area (Å²) in [5, 5.41) is 6.22. The van der Waals surface area contributed by atoms with Crippen molar-refractivity contribution in [2.24, 2.45) is 0 Å². The molecule has 0 aliphatic heterocycles. The second kappa shape index (κ2) is 11.9. The predicted octanol–water partition coefficient (Wildman–Crippen LogP) is 12.9. The van der Waals surface area contributed by atoms with Gasteiger partial charge >= 0.3 is 0 Å². The van der Waals surface area contributed by atoms with Crippen LogP contribution in [-0.4, -0.2) is 19.1 Å². The Morgan fingerprint density at radius 3 is 1.85 bits per heavy atom. The molecule has 53 heavy (non-hydrogen) atoms. The molecule has 0 fully saturated rings. The number of aromatic nitrogens is 4. The van der Waals surface area contributed by atoms with Gasteiger partial charge in [0.05, 0.1) is 27.9 Å². The number of fused-ring (bicyclic) bond motifs is 8. The lowest BCUT2D eigenvalue weighted by atomic mass is 10.1. The summed E-state index contributed by atoms with van der Waals surface area (Å²) >= 11 is 1.86. The Morgan fingerprint density at radius 1 is 0.434 bits per heavy atom. The molecule has 0 N–H and O–H groups in total. The molecule has 0 amide bonds. The number of thiophene rings is 1. The van der Waals surface area contributed by atoms with Gasteiger partial charge in [0.15, 0.2) is 5.82 Å². The summed E-state index contributed by atoms with van der Waals surface area (Å²) in [7, 11) is 0. The van der Waals surface area contributed by atoms with E-state index >= 15 is 0 Å². The third-order valence-corrected chi connectivity index (χ3v) is 11.5. The first-order chi connectivity index (χ1) is 26.3. The van der Waals surface area contributed by atoms with Crippen molar-refractivity contribution in [1.29, 1.82) is 0 Å². The fourth-order valence-corrected chi connectivity index (χ4v) is 9.00. The molecule has 4 nitrogen and oxygen atoms in total. The van der Waals surface area contributed by atoms with Crippen molar-refractivity contribution in [2.45, 2.75) is 0 Å². The maximum absolute atomic E-state index is 5.18. The Labute approximate surface area is 309 Å². The summed E-state index contributed by atoms with van der Waals surface area (Å²) in [4.78, 5) is 10.4. The average molecular weight is 695 g/mol. The van der Waals surface area contributed by atoms with Crippen molar-refractivity contribution in [1.82, 2.24) is 19.1 Å². The molecule has 7 aromatic carbocycles. The molecule has 11 aromatic rings. The molecule has 0 spiro atoms. The van der Waals surface area contributed by atoms with Crippen LogP contribution in [0.5, 0.6) is 0 Å². The quantitative estimate of drug-likeness (QED) is 0.180. The normalized spacial score (nSPS) is 11.8. The Morgan fingerprint density at radius 2 is 1.09 bits per heavy atom. The molecule has 0 bridgehead atoms. The Bertz CT molecular complexity index is 3100. The first-order valence-electron chi connectivity index (χ1n) is 17.8. The molecule has 0 atom stereocenters. The lowest BCUT2D eigenvalue weighted by molar-refractivity contribution is 1.13. The molecule has 248 valence electrons. The molecule has 5 heteroatoms. The largest absolute Gasteiger partial charge is 0.317 e. The first-order valence-corrected chi connectivity index (χ1v) is 18.6. The Kier molecular flexibility index (Phi) is 6.69. The summed E-state index contributed by atoms with van der Waals surface area (Å²) in [5.74, 6) is 0.696. The molecular weight excluding hydrogens is 665 g/mol. The topological polar surface area (TPSA) is 35.6 Å². The molecule has 0 radical (unpaired) electrons. The number of hydrogen-bond acceptors (Lipinski definition) is 3. The lowest BCUT2D eigenvalue weighted by Gasteiger charge is -2.13. The molecule has 4 aromatic heterocycles. The van der Waals surface area contributed by atoms with Crippen molar-refractivity contribution >= 4 is 64.2 Å². The van der Waals surface area contributed by atoms with Gasteiger partial charge in [0.2, 0.25) is 0 Å². The second-order valence-electron chi connectivity index (χ2n) is 13.5. The fraction of sp³-hybridized carbons (Fsp3) is 0. The second-order valence-corrected chi connectivity index (χ2v) is 14.5. The van der Waals surface area contributed by atoms with E-state index in [1.54, 1.807) is 0 Å². The van der Waals surface area contributed by atoms with Crippen LogP contribution in [-0.2, 0) is 0 Å². The highest BCUT2D eigenvalue weighted by molar-refractivity contribution is 7.26. The van der Waals surface area contributed by atoms with Crippen molar-refractivity contribution in [3.05, 3.63) is 182 Å². The number of hydrogen-bond donors (Lipinski definition) is 0. The van der Waals surface area contributed by atoms with Crippen LogP contribution in [0.3, 0.4) is 0 Å². The fourth-order valence-electron chi connectivity index (χ4n) is 7.90. The van der Waals surface area contributed by atoms with Gasteiger partial charge in [-0.1, -0.05) is 115 Å². The summed E-state index contributed by atoms with van der Waals surface area (Å²) in [5.41, 5.74) is 10.7. The van der Waals surface area contributed by atoms with Crippen LogP contribution in [0.4, 0.5) is 0 Å². The number of nitrogens with zero attached hydrogens (tertiary/aromatic N) is 4. The highest BCUT2D eigenvalue weighted by Crippen LogP contribution is 2.44.